The molecule has 35 heavy (non-hydrogen) atoms. The molecule has 2 heterocycles. The average molecular weight is 491 g/mol. The third-order valence-electron chi connectivity index (χ3n) is 5.38. The summed E-state index contributed by atoms with van der Waals surface area (Å²) in [6, 6.07) is 7.89. The Bertz CT molecular complexity index is 1470. The van der Waals surface area contributed by atoms with E-state index in [1.807, 2.05) is 0 Å². The van der Waals surface area contributed by atoms with Gasteiger partial charge in [0, 0.05) is 0 Å². The van der Waals surface area contributed by atoms with E-state index in [0.717, 1.165) is 11.0 Å². The monoisotopic (exact) mass is 491 g/mol. The second kappa shape index (κ2) is 9.09. The van der Waals surface area contributed by atoms with Crippen molar-refractivity contribution in [2.75, 3.05) is 11.4 Å². The van der Waals surface area contributed by atoms with Crippen molar-refractivity contribution in [3.63, 3.8) is 0 Å². The van der Waals surface area contributed by atoms with Crippen LogP contribution in [0.4, 0.5) is 37.8 Å². The van der Waals surface area contributed by atoms with Crippen LogP contribution in [0.25, 0.3) is 16.7 Å². The van der Waals surface area contributed by atoms with Crippen LogP contribution in [0.2, 0.25) is 0 Å². The lowest BCUT2D eigenvalue weighted by Crippen LogP contribution is -2.27. The summed E-state index contributed by atoms with van der Waals surface area (Å²) < 4.78 is 85.7. The van der Waals surface area contributed by atoms with Crippen molar-refractivity contribution >= 4 is 28.2 Å². The van der Waals surface area contributed by atoms with Crippen LogP contribution in [0.5, 0.6) is 0 Å². The summed E-state index contributed by atoms with van der Waals surface area (Å²) in [7, 11) is 0. The minimum Gasteiger partial charge on any atom is -0.317 e. The summed E-state index contributed by atoms with van der Waals surface area (Å²) in [5.41, 5.74) is -2.12. The van der Waals surface area contributed by atoms with E-state index < -0.39 is 36.4 Å². The summed E-state index contributed by atoms with van der Waals surface area (Å²) in [4.78, 5) is 5.07. The fraction of sp³-hybridized carbons (Fsp3) is 0.292. The molecule has 0 aliphatic rings. The Morgan fingerprint density at radius 2 is 1.74 bits per heavy atom. The number of aromatic nitrogens is 4. The number of anilines is 2. The van der Waals surface area contributed by atoms with E-state index in [4.69, 9.17) is 0 Å². The Hall–Kier alpha value is -3.81. The van der Waals surface area contributed by atoms with Gasteiger partial charge in [-0.05, 0) is 45.0 Å². The Balaban J connectivity index is 1.97. The topological polar surface area (TPSA) is 46.3 Å². The highest BCUT2D eigenvalue weighted by atomic mass is 19.3. The molecular weight excluding hydrogens is 472 g/mol. The van der Waals surface area contributed by atoms with Gasteiger partial charge < -0.3 is 4.90 Å². The van der Waals surface area contributed by atoms with Gasteiger partial charge in [0.15, 0.2) is 5.82 Å². The Labute approximate surface area is 196 Å². The molecule has 5 nitrogen and oxygen atoms in total. The largest absolute Gasteiger partial charge is 0.317 e. The summed E-state index contributed by atoms with van der Waals surface area (Å²) in [5, 5.41) is 7.68. The number of benzene rings is 2. The predicted molar refractivity (Wildman–Crippen MR) is 119 cm³/mol. The van der Waals surface area contributed by atoms with Gasteiger partial charge in [0.2, 0.25) is 0 Å². The van der Waals surface area contributed by atoms with Crippen molar-refractivity contribution in [3.8, 4) is 11.8 Å². The second-order valence-electron chi connectivity index (χ2n) is 8.36. The second-order valence-corrected chi connectivity index (χ2v) is 8.36. The smallest absolute Gasteiger partial charge is 0.257 e. The lowest BCUT2D eigenvalue weighted by Gasteiger charge is -2.26. The van der Waals surface area contributed by atoms with Gasteiger partial charge in [0.25, 0.3) is 18.6 Å². The first-order valence-electron chi connectivity index (χ1n) is 10.5. The number of alkyl halides is 4. The third kappa shape index (κ3) is 4.48. The van der Waals surface area contributed by atoms with Crippen LogP contribution < -0.4 is 4.90 Å². The fourth-order valence-corrected chi connectivity index (χ4v) is 3.52. The minimum atomic E-state index is -2.96. The van der Waals surface area contributed by atoms with Crippen molar-refractivity contribution in [3.05, 3.63) is 59.4 Å². The number of hydrogen-bond donors (Lipinski definition) is 0. The van der Waals surface area contributed by atoms with Crippen LogP contribution in [0.15, 0.2) is 36.4 Å². The van der Waals surface area contributed by atoms with Crippen LogP contribution in [0.3, 0.4) is 0 Å². The molecular formula is C24H19F6N5. The van der Waals surface area contributed by atoms with Gasteiger partial charge >= 0.3 is 0 Å². The highest BCUT2D eigenvalue weighted by Gasteiger charge is 2.28. The zero-order chi connectivity index (χ0) is 25.5. The summed E-state index contributed by atoms with van der Waals surface area (Å²) >= 11 is 0. The van der Waals surface area contributed by atoms with Gasteiger partial charge in [-0.15, -0.1) is 10.2 Å². The summed E-state index contributed by atoms with van der Waals surface area (Å²) in [6.07, 6.45) is -5.74. The number of fused-ring (bicyclic) bond motifs is 3. The normalized spacial score (nSPS) is 12.0. The first kappa shape index (κ1) is 24.3. The molecule has 2 aromatic heterocycles. The molecule has 4 aromatic rings. The van der Waals surface area contributed by atoms with E-state index in [1.54, 1.807) is 6.92 Å². The Morgan fingerprint density at radius 1 is 1.03 bits per heavy atom. The zero-order valence-electron chi connectivity index (χ0n) is 18.8. The maximum absolute atomic E-state index is 15.5. The molecule has 0 bridgehead atoms. The number of aryl methyl sites for hydroxylation is 1. The van der Waals surface area contributed by atoms with Crippen LogP contribution >= 0.6 is 0 Å². The quantitative estimate of drug-likeness (QED) is 0.257. The Morgan fingerprint density at radius 3 is 2.43 bits per heavy atom. The van der Waals surface area contributed by atoms with Crippen LogP contribution in [-0.4, -0.2) is 39.0 Å². The van der Waals surface area contributed by atoms with Crippen LogP contribution in [0.1, 0.15) is 25.2 Å². The fourth-order valence-electron chi connectivity index (χ4n) is 3.52. The minimum absolute atomic E-state index is 0.00454. The summed E-state index contributed by atoms with van der Waals surface area (Å²) in [6.45, 7) is 2.98. The first-order valence-corrected chi connectivity index (χ1v) is 10.5. The van der Waals surface area contributed by atoms with Gasteiger partial charge in [-0.1, -0.05) is 24.0 Å². The zero-order valence-corrected chi connectivity index (χ0v) is 18.8. The molecule has 0 spiro atoms. The standard InChI is InChI=1S/C24H19F6N5/c1-13-32-33-23-31-21(19-15(25)7-5-8-16(19)35(13)23)34(12-18(26)27)17-9-4-6-14(20(17)28)10-11-24(2,3)22(29)30/h4-9,18,22H,12H2,1-3H3. The molecule has 4 rings (SSSR count). The van der Waals surface area contributed by atoms with Crippen molar-refractivity contribution < 1.29 is 26.3 Å². The summed E-state index contributed by atoms with van der Waals surface area (Å²) in [5.74, 6) is 3.00. The van der Waals surface area contributed by atoms with Crippen molar-refractivity contribution in [1.82, 2.24) is 19.6 Å². The molecule has 0 aliphatic carbocycles. The molecule has 182 valence electrons. The first-order chi connectivity index (χ1) is 16.5. The molecule has 2 aromatic carbocycles. The van der Waals surface area contributed by atoms with E-state index >= 15 is 8.78 Å². The van der Waals surface area contributed by atoms with Gasteiger partial charge in [0.1, 0.15) is 17.5 Å². The maximum atomic E-state index is 15.5. The van der Waals surface area contributed by atoms with Gasteiger partial charge in [-0.2, -0.15) is 4.98 Å². The molecule has 0 radical (unpaired) electrons. The van der Waals surface area contributed by atoms with Crippen LogP contribution in [-0.2, 0) is 0 Å². The average Bonchev–Trinajstić information content (AvgIpc) is 3.17. The molecule has 0 fully saturated rings. The SMILES string of the molecule is Cc1nnc2nc(N(CC(F)F)c3cccc(C#CC(C)(C)C(F)F)c3F)c3c(F)cccc3n12. The lowest BCUT2D eigenvalue weighted by atomic mass is 9.94. The van der Waals surface area contributed by atoms with E-state index in [2.05, 4.69) is 27.0 Å². The number of nitrogens with zero attached hydrogens (tertiary/aromatic N) is 5. The van der Waals surface area contributed by atoms with Crippen molar-refractivity contribution in [2.45, 2.75) is 33.6 Å². The molecule has 0 saturated heterocycles. The number of hydrogen-bond acceptors (Lipinski definition) is 4. The molecule has 0 amide bonds. The Kier molecular flexibility index (Phi) is 6.32. The maximum Gasteiger partial charge on any atom is 0.257 e. The third-order valence-corrected chi connectivity index (χ3v) is 5.38. The number of rotatable bonds is 5. The van der Waals surface area contributed by atoms with E-state index in [1.165, 1.54) is 48.6 Å². The molecule has 0 N–H and O–H groups in total. The highest BCUT2D eigenvalue weighted by molar-refractivity contribution is 5.94. The molecule has 0 aliphatic heterocycles. The van der Waals surface area contributed by atoms with Crippen molar-refractivity contribution in [2.24, 2.45) is 5.41 Å². The van der Waals surface area contributed by atoms with E-state index in [0.29, 0.717) is 5.82 Å². The van der Waals surface area contributed by atoms with E-state index in [9.17, 15) is 17.6 Å². The van der Waals surface area contributed by atoms with Gasteiger partial charge in [0.05, 0.1) is 34.1 Å². The molecule has 0 unspecified atom stereocenters. The number of halogens is 6. The van der Waals surface area contributed by atoms with Crippen molar-refractivity contribution in [1.29, 1.82) is 0 Å². The highest BCUT2D eigenvalue weighted by Crippen LogP contribution is 2.36. The molecule has 0 saturated carbocycles. The predicted octanol–water partition coefficient (Wildman–Crippen LogP) is 5.91. The lowest BCUT2D eigenvalue weighted by molar-refractivity contribution is 0.0570. The van der Waals surface area contributed by atoms with E-state index in [-0.39, 0.29) is 33.7 Å². The van der Waals surface area contributed by atoms with Gasteiger partial charge in [-0.25, -0.2) is 26.3 Å². The van der Waals surface area contributed by atoms with Gasteiger partial charge in [-0.3, -0.25) is 4.40 Å². The van der Waals surface area contributed by atoms with Crippen LogP contribution in [0, 0.1) is 35.8 Å². The molecule has 11 heteroatoms. The molecule has 0 atom stereocenters.